The van der Waals surface area contributed by atoms with Gasteiger partial charge in [-0.3, -0.25) is 9.78 Å². The molecule has 1 aromatic heterocycles. The zero-order chi connectivity index (χ0) is 19.3. The first-order chi connectivity index (χ1) is 13.7. The largest absolute Gasteiger partial charge is 0.457 e. The van der Waals surface area contributed by atoms with E-state index >= 15 is 0 Å². The van der Waals surface area contributed by atoms with Gasteiger partial charge in [0, 0.05) is 25.7 Å². The van der Waals surface area contributed by atoms with Crippen LogP contribution in [-0.2, 0) is 0 Å². The number of ether oxygens (including phenoxy) is 1. The van der Waals surface area contributed by atoms with Crippen molar-refractivity contribution in [2.45, 2.75) is 12.5 Å². The van der Waals surface area contributed by atoms with E-state index in [0.717, 1.165) is 17.7 Å². The molecule has 6 heteroatoms. The van der Waals surface area contributed by atoms with Gasteiger partial charge in [0.25, 0.3) is 5.91 Å². The number of rotatable bonds is 5. The molecule has 1 atom stereocenters. The standard InChI is InChI=1S/C22H20N4O2/c1-23-22(27)21-13-18(11-12-24-21)28-17-9-7-16(8-10-17)20-14-19(25-26-20)15-5-3-2-4-6-15/h2-13,19,25H,14H2,1H3,(H,23,27). The van der Waals surface area contributed by atoms with Gasteiger partial charge >= 0.3 is 0 Å². The number of aromatic nitrogens is 1. The molecule has 0 spiro atoms. The number of hydrogen-bond acceptors (Lipinski definition) is 5. The van der Waals surface area contributed by atoms with Gasteiger partial charge in [-0.2, -0.15) is 5.10 Å². The van der Waals surface area contributed by atoms with Gasteiger partial charge in [-0.05, 0) is 41.5 Å². The van der Waals surface area contributed by atoms with Crippen molar-refractivity contribution < 1.29 is 9.53 Å². The molecule has 0 fully saturated rings. The normalized spacial score (nSPS) is 15.5. The molecule has 28 heavy (non-hydrogen) atoms. The van der Waals surface area contributed by atoms with E-state index in [9.17, 15) is 4.79 Å². The molecule has 2 N–H and O–H groups in total. The molecule has 1 aliphatic rings. The number of hydrogen-bond donors (Lipinski definition) is 2. The lowest BCUT2D eigenvalue weighted by Gasteiger charge is -2.10. The summed E-state index contributed by atoms with van der Waals surface area (Å²) in [6, 6.07) is 21.6. The summed E-state index contributed by atoms with van der Waals surface area (Å²) in [5.74, 6) is 0.995. The van der Waals surface area contributed by atoms with Crippen LogP contribution in [0.25, 0.3) is 0 Å². The maximum absolute atomic E-state index is 11.7. The van der Waals surface area contributed by atoms with Crippen molar-refractivity contribution in [2.24, 2.45) is 5.10 Å². The highest BCUT2D eigenvalue weighted by Crippen LogP contribution is 2.26. The van der Waals surface area contributed by atoms with Crippen LogP contribution in [0.4, 0.5) is 0 Å². The molecule has 2 aromatic carbocycles. The van der Waals surface area contributed by atoms with Crippen LogP contribution in [0.2, 0.25) is 0 Å². The molecular weight excluding hydrogens is 352 g/mol. The maximum atomic E-state index is 11.7. The molecule has 0 aliphatic carbocycles. The summed E-state index contributed by atoms with van der Waals surface area (Å²) in [5.41, 5.74) is 6.83. The number of carbonyl (C=O) groups excluding carboxylic acids is 1. The lowest BCUT2D eigenvalue weighted by molar-refractivity contribution is 0.0958. The zero-order valence-corrected chi connectivity index (χ0v) is 15.4. The molecular formula is C22H20N4O2. The molecule has 1 amide bonds. The van der Waals surface area contributed by atoms with Crippen molar-refractivity contribution in [2.75, 3.05) is 7.05 Å². The molecule has 0 saturated carbocycles. The van der Waals surface area contributed by atoms with E-state index in [2.05, 4.69) is 33.0 Å². The Bertz CT molecular complexity index is 1000. The number of carbonyl (C=O) groups is 1. The molecule has 1 unspecified atom stereocenters. The Labute approximate surface area is 163 Å². The van der Waals surface area contributed by atoms with Crippen LogP contribution in [-0.4, -0.2) is 23.7 Å². The van der Waals surface area contributed by atoms with Crippen molar-refractivity contribution in [3.05, 3.63) is 89.7 Å². The number of amides is 1. The zero-order valence-electron chi connectivity index (χ0n) is 15.4. The summed E-state index contributed by atoms with van der Waals surface area (Å²) in [4.78, 5) is 15.7. The van der Waals surface area contributed by atoms with E-state index in [1.165, 1.54) is 5.56 Å². The van der Waals surface area contributed by atoms with Gasteiger partial charge in [-0.25, -0.2) is 0 Å². The van der Waals surface area contributed by atoms with Gasteiger partial charge in [0.05, 0.1) is 11.8 Å². The molecule has 140 valence electrons. The number of pyridine rings is 1. The van der Waals surface area contributed by atoms with Crippen LogP contribution < -0.4 is 15.5 Å². The smallest absolute Gasteiger partial charge is 0.269 e. The van der Waals surface area contributed by atoms with Gasteiger partial charge in [-0.1, -0.05) is 30.3 Å². The van der Waals surface area contributed by atoms with Crippen molar-refractivity contribution >= 4 is 11.6 Å². The number of hydrazone groups is 1. The maximum Gasteiger partial charge on any atom is 0.269 e. The predicted molar refractivity (Wildman–Crippen MR) is 108 cm³/mol. The first kappa shape index (κ1) is 17.7. The average Bonchev–Trinajstić information content (AvgIpc) is 3.25. The van der Waals surface area contributed by atoms with Crippen molar-refractivity contribution in [1.29, 1.82) is 0 Å². The van der Waals surface area contributed by atoms with Crippen molar-refractivity contribution in [1.82, 2.24) is 15.7 Å². The highest BCUT2D eigenvalue weighted by molar-refractivity contribution is 6.01. The monoisotopic (exact) mass is 372 g/mol. The third-order valence-electron chi connectivity index (χ3n) is 4.57. The highest BCUT2D eigenvalue weighted by atomic mass is 16.5. The Morgan fingerprint density at radius 1 is 1.07 bits per heavy atom. The molecule has 1 aliphatic heterocycles. The predicted octanol–water partition coefficient (Wildman–Crippen LogP) is 3.67. The van der Waals surface area contributed by atoms with Crippen molar-refractivity contribution in [3.63, 3.8) is 0 Å². The topological polar surface area (TPSA) is 75.6 Å². The fraction of sp³-hybridized carbons (Fsp3) is 0.136. The quantitative estimate of drug-likeness (QED) is 0.716. The van der Waals surface area contributed by atoms with Crippen LogP contribution in [0.5, 0.6) is 11.5 Å². The summed E-state index contributed by atoms with van der Waals surface area (Å²) in [6.45, 7) is 0. The van der Waals surface area contributed by atoms with E-state index in [1.807, 2.05) is 42.5 Å². The van der Waals surface area contributed by atoms with E-state index in [0.29, 0.717) is 17.2 Å². The average molecular weight is 372 g/mol. The van der Waals surface area contributed by atoms with Crippen LogP contribution in [0.1, 0.15) is 34.1 Å². The number of nitrogens with zero attached hydrogens (tertiary/aromatic N) is 2. The lowest BCUT2D eigenvalue weighted by Crippen LogP contribution is -2.18. The minimum atomic E-state index is -0.250. The third-order valence-corrected chi connectivity index (χ3v) is 4.57. The Morgan fingerprint density at radius 2 is 1.86 bits per heavy atom. The summed E-state index contributed by atoms with van der Waals surface area (Å²) in [6.07, 6.45) is 2.39. The minimum absolute atomic E-state index is 0.201. The molecule has 6 nitrogen and oxygen atoms in total. The second-order valence-electron chi connectivity index (χ2n) is 6.44. The summed E-state index contributed by atoms with van der Waals surface area (Å²) >= 11 is 0. The van der Waals surface area contributed by atoms with Gasteiger partial charge < -0.3 is 15.5 Å². The second-order valence-corrected chi connectivity index (χ2v) is 6.44. The van der Waals surface area contributed by atoms with Gasteiger partial charge in [0.1, 0.15) is 17.2 Å². The van der Waals surface area contributed by atoms with Crippen LogP contribution >= 0.6 is 0 Å². The van der Waals surface area contributed by atoms with Crippen LogP contribution in [0.15, 0.2) is 78.0 Å². The molecule has 0 saturated heterocycles. The third kappa shape index (κ3) is 3.86. The van der Waals surface area contributed by atoms with Gasteiger partial charge in [0.15, 0.2) is 0 Å². The summed E-state index contributed by atoms with van der Waals surface area (Å²) in [7, 11) is 1.57. The summed E-state index contributed by atoms with van der Waals surface area (Å²) < 4.78 is 5.85. The lowest BCUT2D eigenvalue weighted by atomic mass is 9.99. The SMILES string of the molecule is CNC(=O)c1cc(Oc2ccc(C3=NNC(c4ccccc4)C3)cc2)ccn1. The molecule has 0 radical (unpaired) electrons. The summed E-state index contributed by atoms with van der Waals surface area (Å²) in [5, 5.41) is 7.04. The molecule has 2 heterocycles. The first-order valence-electron chi connectivity index (χ1n) is 9.06. The number of benzene rings is 2. The van der Waals surface area contributed by atoms with Crippen molar-refractivity contribution in [3.8, 4) is 11.5 Å². The first-order valence-corrected chi connectivity index (χ1v) is 9.06. The van der Waals surface area contributed by atoms with Crippen LogP contribution in [0, 0.1) is 0 Å². The molecule has 4 rings (SSSR count). The molecule has 3 aromatic rings. The van der Waals surface area contributed by atoms with Gasteiger partial charge in [-0.15, -0.1) is 0 Å². The Balaban J connectivity index is 1.43. The number of nitrogens with one attached hydrogen (secondary N) is 2. The Kier molecular flexibility index (Phi) is 5.01. The fourth-order valence-electron chi connectivity index (χ4n) is 3.08. The van der Waals surface area contributed by atoms with E-state index in [1.54, 1.807) is 25.4 Å². The van der Waals surface area contributed by atoms with E-state index < -0.39 is 0 Å². The van der Waals surface area contributed by atoms with E-state index in [-0.39, 0.29) is 11.9 Å². The Morgan fingerprint density at radius 3 is 2.61 bits per heavy atom. The highest BCUT2D eigenvalue weighted by Gasteiger charge is 2.20. The minimum Gasteiger partial charge on any atom is -0.457 e. The van der Waals surface area contributed by atoms with Gasteiger partial charge in [0.2, 0.25) is 0 Å². The van der Waals surface area contributed by atoms with E-state index in [4.69, 9.17) is 4.74 Å². The Hall–Kier alpha value is -3.67. The fourth-order valence-corrected chi connectivity index (χ4v) is 3.08. The van der Waals surface area contributed by atoms with Crippen LogP contribution in [0.3, 0.4) is 0 Å². The second kappa shape index (κ2) is 7.92. The molecule has 0 bridgehead atoms.